The molecule has 0 aromatic heterocycles. The van der Waals surface area contributed by atoms with Gasteiger partial charge in [-0.25, -0.2) is 4.39 Å². The van der Waals surface area contributed by atoms with Gasteiger partial charge >= 0.3 is 0 Å². The van der Waals surface area contributed by atoms with Crippen molar-refractivity contribution < 1.29 is 13.9 Å². The van der Waals surface area contributed by atoms with Gasteiger partial charge in [0.25, 0.3) is 0 Å². The zero-order valence-corrected chi connectivity index (χ0v) is 19.2. The quantitative estimate of drug-likeness (QED) is 0.593. The van der Waals surface area contributed by atoms with E-state index in [-0.39, 0.29) is 29.5 Å². The van der Waals surface area contributed by atoms with Gasteiger partial charge < -0.3 is 9.64 Å². The Labute approximate surface area is 186 Å². The van der Waals surface area contributed by atoms with Crippen molar-refractivity contribution in [3.63, 3.8) is 0 Å². The van der Waals surface area contributed by atoms with Gasteiger partial charge in [-0.15, -0.1) is 0 Å². The number of methoxy groups -OCH3 is 1. The molecule has 1 saturated heterocycles. The van der Waals surface area contributed by atoms with Gasteiger partial charge in [0, 0.05) is 51.7 Å². The second kappa shape index (κ2) is 10.9. The van der Waals surface area contributed by atoms with E-state index in [1.54, 1.807) is 19.2 Å². The number of aryl methyl sites for hydroxylation is 1. The number of likely N-dealkylation sites (tertiary alicyclic amines) is 1. The Bertz CT molecular complexity index is 870. The smallest absolute Gasteiger partial charge is 0.225 e. The molecule has 1 aliphatic rings. The molecule has 168 valence electrons. The van der Waals surface area contributed by atoms with Gasteiger partial charge in [-0.2, -0.15) is 0 Å². The molecule has 5 heteroatoms. The Hall–Kier alpha value is -2.24. The molecule has 2 unspecified atom stereocenters. The normalized spacial score (nSPS) is 19.2. The van der Waals surface area contributed by atoms with Crippen molar-refractivity contribution in [3.8, 4) is 0 Å². The number of halogens is 1. The molecule has 2 atom stereocenters. The molecule has 0 saturated carbocycles. The predicted octanol–water partition coefficient (Wildman–Crippen LogP) is 4.48. The van der Waals surface area contributed by atoms with Crippen LogP contribution in [0, 0.1) is 24.6 Å². The number of rotatable bonds is 9. The minimum atomic E-state index is -0.206. The fourth-order valence-electron chi connectivity index (χ4n) is 4.60. The summed E-state index contributed by atoms with van der Waals surface area (Å²) in [5, 5.41) is 0. The molecule has 0 spiro atoms. The van der Waals surface area contributed by atoms with Crippen LogP contribution in [0.3, 0.4) is 0 Å². The highest BCUT2D eigenvalue weighted by Crippen LogP contribution is 2.34. The lowest BCUT2D eigenvalue weighted by molar-refractivity contribution is -0.135. The van der Waals surface area contributed by atoms with Crippen molar-refractivity contribution >= 4 is 5.91 Å². The van der Waals surface area contributed by atoms with Crippen molar-refractivity contribution in [2.45, 2.75) is 33.2 Å². The van der Waals surface area contributed by atoms with E-state index in [1.165, 1.54) is 17.2 Å². The van der Waals surface area contributed by atoms with Crippen molar-refractivity contribution in [2.24, 2.45) is 11.8 Å². The third-order valence-electron chi connectivity index (χ3n) is 6.11. The zero-order valence-electron chi connectivity index (χ0n) is 19.2. The summed E-state index contributed by atoms with van der Waals surface area (Å²) in [6.45, 7) is 10.3. The van der Waals surface area contributed by atoms with Crippen LogP contribution >= 0.6 is 0 Å². The zero-order chi connectivity index (χ0) is 22.4. The molecule has 0 radical (unpaired) electrons. The van der Waals surface area contributed by atoms with Gasteiger partial charge in [0.15, 0.2) is 0 Å². The highest BCUT2D eigenvalue weighted by atomic mass is 19.1. The van der Waals surface area contributed by atoms with Crippen LogP contribution in [-0.4, -0.2) is 55.6 Å². The molecule has 2 aromatic rings. The monoisotopic (exact) mass is 426 g/mol. The summed E-state index contributed by atoms with van der Waals surface area (Å²) < 4.78 is 19.3. The van der Waals surface area contributed by atoms with E-state index in [2.05, 4.69) is 36.1 Å². The van der Waals surface area contributed by atoms with Crippen LogP contribution in [0.15, 0.2) is 48.5 Å². The average Bonchev–Trinajstić information content (AvgIpc) is 3.12. The Morgan fingerprint density at radius 2 is 1.97 bits per heavy atom. The molecule has 3 rings (SSSR count). The first-order valence-electron chi connectivity index (χ1n) is 11.2. The van der Waals surface area contributed by atoms with Crippen molar-refractivity contribution in [1.29, 1.82) is 0 Å². The van der Waals surface area contributed by atoms with E-state index in [1.807, 2.05) is 24.8 Å². The van der Waals surface area contributed by atoms with E-state index in [9.17, 15) is 9.18 Å². The summed E-state index contributed by atoms with van der Waals surface area (Å²) in [6, 6.07) is 15.5. The molecule has 0 bridgehead atoms. The molecule has 1 amide bonds. The molecule has 31 heavy (non-hydrogen) atoms. The second-order valence-electron chi connectivity index (χ2n) is 9.04. The number of nitrogens with zero attached hydrogens (tertiary/aromatic N) is 2. The van der Waals surface area contributed by atoms with Gasteiger partial charge in [0.1, 0.15) is 5.82 Å². The van der Waals surface area contributed by atoms with Crippen LogP contribution in [0.5, 0.6) is 0 Å². The van der Waals surface area contributed by atoms with Gasteiger partial charge in [-0.1, -0.05) is 55.8 Å². The summed E-state index contributed by atoms with van der Waals surface area (Å²) >= 11 is 0. The van der Waals surface area contributed by atoms with E-state index >= 15 is 0 Å². The van der Waals surface area contributed by atoms with E-state index in [0.717, 1.165) is 25.2 Å². The number of benzene rings is 2. The van der Waals surface area contributed by atoms with Gasteiger partial charge in [0.05, 0.1) is 6.61 Å². The first kappa shape index (κ1) is 23.4. The molecular weight excluding hydrogens is 391 g/mol. The first-order chi connectivity index (χ1) is 14.9. The Kier molecular flexibility index (Phi) is 8.22. The summed E-state index contributed by atoms with van der Waals surface area (Å²) in [7, 11) is 1.66. The number of carbonyl (C=O) groups is 1. The third kappa shape index (κ3) is 6.37. The lowest BCUT2D eigenvalue weighted by atomic mass is 9.88. The van der Waals surface area contributed by atoms with Gasteiger partial charge in [0.2, 0.25) is 5.91 Å². The molecule has 4 nitrogen and oxygen atoms in total. The van der Waals surface area contributed by atoms with Crippen LogP contribution in [0.4, 0.5) is 4.39 Å². The molecule has 0 aliphatic carbocycles. The Morgan fingerprint density at radius 3 is 2.65 bits per heavy atom. The molecule has 1 heterocycles. The maximum Gasteiger partial charge on any atom is 0.225 e. The summed E-state index contributed by atoms with van der Waals surface area (Å²) in [5.41, 5.74) is 3.55. The molecule has 0 N–H and O–H groups in total. The van der Waals surface area contributed by atoms with Gasteiger partial charge in [-0.3, -0.25) is 9.69 Å². The van der Waals surface area contributed by atoms with Crippen LogP contribution in [0.1, 0.15) is 36.5 Å². The summed E-state index contributed by atoms with van der Waals surface area (Å²) in [6.07, 6.45) is 0. The van der Waals surface area contributed by atoms with Crippen molar-refractivity contribution in [2.75, 3.05) is 39.9 Å². The van der Waals surface area contributed by atoms with E-state index < -0.39 is 0 Å². The van der Waals surface area contributed by atoms with E-state index in [0.29, 0.717) is 19.7 Å². The summed E-state index contributed by atoms with van der Waals surface area (Å²) in [4.78, 5) is 17.2. The van der Waals surface area contributed by atoms with Gasteiger partial charge in [-0.05, 0) is 36.1 Å². The molecule has 1 aliphatic heterocycles. The van der Waals surface area contributed by atoms with Crippen LogP contribution < -0.4 is 0 Å². The Morgan fingerprint density at radius 1 is 1.19 bits per heavy atom. The maximum absolute atomic E-state index is 14.0. The number of amides is 1. The fraction of sp³-hybridized carbons (Fsp3) is 0.500. The second-order valence-corrected chi connectivity index (χ2v) is 9.04. The van der Waals surface area contributed by atoms with E-state index in [4.69, 9.17) is 4.74 Å². The van der Waals surface area contributed by atoms with Crippen LogP contribution in [0.25, 0.3) is 0 Å². The number of carbonyl (C=O) groups excluding carboxylic acids is 1. The summed E-state index contributed by atoms with van der Waals surface area (Å²) in [5.74, 6) is 0.306. The number of hydrogen-bond acceptors (Lipinski definition) is 3. The standard InChI is InChI=1S/C26H35FN2O2/c1-19(2)26(30)29(11-12-31-4)17-23-16-28(15-21-8-5-7-20(3)13-21)18-25(23)22-9-6-10-24(27)14-22/h5-10,13-14,19,23,25H,11-12,15-18H2,1-4H3. The molecule has 1 fully saturated rings. The third-order valence-corrected chi connectivity index (χ3v) is 6.11. The van der Waals surface area contributed by atoms with Crippen LogP contribution in [-0.2, 0) is 16.1 Å². The van der Waals surface area contributed by atoms with Crippen molar-refractivity contribution in [1.82, 2.24) is 9.80 Å². The number of ether oxygens (including phenoxy) is 1. The topological polar surface area (TPSA) is 32.8 Å². The first-order valence-corrected chi connectivity index (χ1v) is 11.2. The predicted molar refractivity (Wildman–Crippen MR) is 122 cm³/mol. The van der Waals surface area contributed by atoms with Crippen molar-refractivity contribution in [3.05, 3.63) is 71.0 Å². The SMILES string of the molecule is COCCN(CC1CN(Cc2cccc(C)c2)CC1c1cccc(F)c1)C(=O)C(C)C. The molecular formula is C26H35FN2O2. The minimum Gasteiger partial charge on any atom is -0.383 e. The average molecular weight is 427 g/mol. The van der Waals surface area contributed by atoms with Crippen LogP contribution in [0.2, 0.25) is 0 Å². The minimum absolute atomic E-state index is 0.0609. The largest absolute Gasteiger partial charge is 0.383 e. The number of hydrogen-bond donors (Lipinski definition) is 0. The maximum atomic E-state index is 14.0. The highest BCUT2D eigenvalue weighted by Gasteiger charge is 2.36. The molecule has 2 aromatic carbocycles. The lowest BCUT2D eigenvalue weighted by Gasteiger charge is -2.29. The Balaban J connectivity index is 1.81. The lowest BCUT2D eigenvalue weighted by Crippen LogP contribution is -2.41. The highest BCUT2D eigenvalue weighted by molar-refractivity contribution is 5.78. The fourth-order valence-corrected chi connectivity index (χ4v) is 4.60.